The first-order valence-electron chi connectivity index (χ1n) is 13.4. The fourth-order valence-corrected chi connectivity index (χ4v) is 6.89. The fourth-order valence-electron chi connectivity index (χ4n) is 6.73. The number of piperidine rings is 1. The van der Waals surface area contributed by atoms with E-state index in [4.69, 9.17) is 16.3 Å². The number of nitrogens with zero attached hydrogens (tertiary/aromatic N) is 5. The summed E-state index contributed by atoms with van der Waals surface area (Å²) < 4.78 is 7.40. The Kier molecular flexibility index (Phi) is 6.63. The first-order valence-corrected chi connectivity index (χ1v) is 13.8. The molecule has 10 heteroatoms. The fraction of sp³-hybridized carbons (Fsp3) is 0.593. The topological polar surface area (TPSA) is 82.9 Å². The first kappa shape index (κ1) is 24.7. The third kappa shape index (κ3) is 4.96. The summed E-state index contributed by atoms with van der Waals surface area (Å²) in [6.07, 6.45) is 8.80. The van der Waals surface area contributed by atoms with Crippen LogP contribution in [0.4, 0.5) is 16.3 Å². The molecule has 0 aliphatic carbocycles. The third-order valence-corrected chi connectivity index (χ3v) is 8.82. The number of rotatable bonds is 4. The number of fused-ring (bicyclic) bond motifs is 2. The first-order chi connectivity index (χ1) is 17.9. The Bertz CT molecular complexity index is 1160. The molecule has 4 aliphatic rings. The van der Waals surface area contributed by atoms with E-state index in [1.165, 1.54) is 29.3 Å². The molecule has 4 saturated heterocycles. The smallest absolute Gasteiger partial charge is 0.344 e. The molecule has 4 aliphatic heterocycles. The third-order valence-electron chi connectivity index (χ3n) is 8.59. The Labute approximate surface area is 222 Å². The number of anilines is 2. The molecule has 198 valence electrons. The number of likely N-dealkylation sites (tertiary alicyclic amines) is 2. The van der Waals surface area contributed by atoms with Crippen LogP contribution in [-0.4, -0.2) is 82.0 Å². The minimum absolute atomic E-state index is 0.114. The van der Waals surface area contributed by atoms with Crippen molar-refractivity contribution in [2.24, 2.45) is 0 Å². The Morgan fingerprint density at radius 2 is 1.86 bits per heavy atom. The summed E-state index contributed by atoms with van der Waals surface area (Å²) in [5, 5.41) is 7.62. The van der Waals surface area contributed by atoms with Crippen molar-refractivity contribution in [1.82, 2.24) is 19.6 Å². The van der Waals surface area contributed by atoms with E-state index < -0.39 is 0 Å². The molecule has 1 N–H and O–H groups in total. The number of carbonyl (C=O) groups excluding carboxylic acids is 2. The van der Waals surface area contributed by atoms with E-state index in [9.17, 15) is 9.59 Å². The molecule has 37 heavy (non-hydrogen) atoms. The van der Waals surface area contributed by atoms with Gasteiger partial charge in [-0.15, -0.1) is 5.10 Å². The summed E-state index contributed by atoms with van der Waals surface area (Å²) in [4.78, 5) is 31.4. The van der Waals surface area contributed by atoms with Gasteiger partial charge < -0.3 is 19.9 Å². The van der Waals surface area contributed by atoms with E-state index in [1.54, 1.807) is 12.3 Å². The molecule has 0 saturated carbocycles. The van der Waals surface area contributed by atoms with Gasteiger partial charge in [0.15, 0.2) is 5.82 Å². The molecule has 1 spiro atoms. The van der Waals surface area contributed by atoms with Crippen molar-refractivity contribution in [1.29, 1.82) is 0 Å². The van der Waals surface area contributed by atoms with Gasteiger partial charge in [-0.25, -0.2) is 4.79 Å². The average molecular weight is 527 g/mol. The molecule has 6 rings (SSSR count). The standard InChI is InChI=1S/C27H35ClN6O3/c1-19(35)29-25-7-12-34(30-25)26(36)31-13-9-27(10-14-31)8-2-11-33(27)16-20-3-4-21(28)15-24(20)32-17-22-5-6-23(18-32)37-22/h3-4,7,12,15,22-23H,2,5-6,8-11,13-14,16-18H2,1H3,(H,29,30,35). The maximum Gasteiger partial charge on any atom is 0.344 e. The van der Waals surface area contributed by atoms with Gasteiger partial charge in [-0.3, -0.25) is 9.69 Å². The number of hydrogen-bond acceptors (Lipinski definition) is 6. The van der Waals surface area contributed by atoms with Gasteiger partial charge in [0.05, 0.1) is 12.2 Å². The van der Waals surface area contributed by atoms with Crippen molar-refractivity contribution in [2.45, 2.75) is 69.7 Å². The molecule has 2 atom stereocenters. The normalized spacial score (nSPS) is 25.1. The lowest BCUT2D eigenvalue weighted by atomic mass is 9.84. The molecule has 4 fully saturated rings. The van der Waals surface area contributed by atoms with E-state index in [-0.39, 0.29) is 17.5 Å². The number of hydrogen-bond donors (Lipinski definition) is 1. The molecule has 2 amide bonds. The SMILES string of the molecule is CC(=O)Nc1ccn(C(=O)N2CCC3(CCCN3Cc3ccc(Cl)cc3N3CC4CCC(C3)O4)CC2)n1. The highest BCUT2D eigenvalue weighted by Gasteiger charge is 2.44. The lowest BCUT2D eigenvalue weighted by molar-refractivity contribution is -0.114. The highest BCUT2D eigenvalue weighted by Crippen LogP contribution is 2.41. The minimum atomic E-state index is -0.205. The van der Waals surface area contributed by atoms with Crippen molar-refractivity contribution in [3.63, 3.8) is 0 Å². The average Bonchev–Trinajstić information content (AvgIpc) is 3.59. The van der Waals surface area contributed by atoms with E-state index in [0.717, 1.165) is 63.3 Å². The summed E-state index contributed by atoms with van der Waals surface area (Å²) in [7, 11) is 0. The van der Waals surface area contributed by atoms with Crippen LogP contribution in [0.2, 0.25) is 5.02 Å². The summed E-state index contributed by atoms with van der Waals surface area (Å²) in [6, 6.07) is 7.85. The van der Waals surface area contributed by atoms with Crippen molar-refractivity contribution in [3.05, 3.63) is 41.0 Å². The molecule has 2 unspecified atom stereocenters. The highest BCUT2D eigenvalue weighted by molar-refractivity contribution is 6.30. The number of benzene rings is 1. The van der Waals surface area contributed by atoms with Gasteiger partial charge >= 0.3 is 6.03 Å². The van der Waals surface area contributed by atoms with Crippen molar-refractivity contribution in [2.75, 3.05) is 42.9 Å². The van der Waals surface area contributed by atoms with Crippen LogP contribution in [0.25, 0.3) is 0 Å². The van der Waals surface area contributed by atoms with Crippen LogP contribution in [0, 0.1) is 0 Å². The monoisotopic (exact) mass is 526 g/mol. The van der Waals surface area contributed by atoms with E-state index in [0.29, 0.717) is 31.1 Å². The molecule has 2 bridgehead atoms. The molecule has 9 nitrogen and oxygen atoms in total. The quantitative estimate of drug-likeness (QED) is 0.649. The van der Waals surface area contributed by atoms with Crippen molar-refractivity contribution < 1.29 is 14.3 Å². The zero-order valence-electron chi connectivity index (χ0n) is 21.4. The van der Waals surface area contributed by atoms with Gasteiger partial charge in [-0.1, -0.05) is 17.7 Å². The molecular weight excluding hydrogens is 492 g/mol. The van der Waals surface area contributed by atoms with Gasteiger partial charge in [-0.05, 0) is 62.8 Å². The van der Waals surface area contributed by atoms with E-state index in [2.05, 4.69) is 32.3 Å². The number of ether oxygens (including phenoxy) is 1. The van der Waals surface area contributed by atoms with Crippen molar-refractivity contribution in [3.8, 4) is 0 Å². The lowest BCUT2D eigenvalue weighted by Crippen LogP contribution is -2.53. The zero-order chi connectivity index (χ0) is 25.6. The Balaban J connectivity index is 1.14. The molecular formula is C27H35ClN6O3. The number of aromatic nitrogens is 2. The molecule has 2 aromatic rings. The summed E-state index contributed by atoms with van der Waals surface area (Å²) in [5.41, 5.74) is 2.69. The second-order valence-electron chi connectivity index (χ2n) is 11.0. The predicted octanol–water partition coefficient (Wildman–Crippen LogP) is 3.96. The molecule has 0 radical (unpaired) electrons. The molecule has 5 heterocycles. The summed E-state index contributed by atoms with van der Waals surface area (Å²) in [6.45, 7) is 6.66. The van der Waals surface area contributed by atoms with E-state index in [1.807, 2.05) is 11.0 Å². The van der Waals surface area contributed by atoms with Crippen LogP contribution < -0.4 is 10.2 Å². The number of amides is 2. The maximum absolute atomic E-state index is 13.1. The Hall–Kier alpha value is -2.62. The van der Waals surface area contributed by atoms with Crippen LogP contribution in [-0.2, 0) is 16.1 Å². The number of nitrogens with one attached hydrogen (secondary N) is 1. The highest BCUT2D eigenvalue weighted by atomic mass is 35.5. The second kappa shape index (κ2) is 9.93. The largest absolute Gasteiger partial charge is 0.371 e. The van der Waals surface area contributed by atoms with E-state index >= 15 is 0 Å². The van der Waals surface area contributed by atoms with Gasteiger partial charge in [0.1, 0.15) is 0 Å². The van der Waals surface area contributed by atoms with Gasteiger partial charge in [0.25, 0.3) is 0 Å². The van der Waals surface area contributed by atoms with Crippen LogP contribution in [0.1, 0.15) is 51.0 Å². The van der Waals surface area contributed by atoms with Crippen LogP contribution in [0.15, 0.2) is 30.5 Å². The van der Waals surface area contributed by atoms with Gasteiger partial charge in [0.2, 0.25) is 5.91 Å². The minimum Gasteiger partial charge on any atom is -0.371 e. The Morgan fingerprint density at radius 3 is 2.59 bits per heavy atom. The van der Waals surface area contributed by atoms with Crippen LogP contribution in [0.5, 0.6) is 0 Å². The lowest BCUT2D eigenvalue weighted by Gasteiger charge is -2.45. The second-order valence-corrected chi connectivity index (χ2v) is 11.4. The molecule has 1 aromatic heterocycles. The zero-order valence-corrected chi connectivity index (χ0v) is 22.1. The number of morpholine rings is 1. The molecule has 1 aromatic carbocycles. The van der Waals surface area contributed by atoms with Crippen LogP contribution in [0.3, 0.4) is 0 Å². The van der Waals surface area contributed by atoms with Gasteiger partial charge in [-0.2, -0.15) is 4.68 Å². The van der Waals surface area contributed by atoms with Crippen molar-refractivity contribution >= 4 is 35.0 Å². The predicted molar refractivity (Wildman–Crippen MR) is 142 cm³/mol. The van der Waals surface area contributed by atoms with Gasteiger partial charge in [0, 0.05) is 68.2 Å². The number of carbonyl (C=O) groups is 2. The number of halogens is 1. The summed E-state index contributed by atoms with van der Waals surface area (Å²) in [5.74, 6) is 0.187. The van der Waals surface area contributed by atoms with Crippen LogP contribution >= 0.6 is 11.6 Å². The summed E-state index contributed by atoms with van der Waals surface area (Å²) >= 11 is 6.47. The Morgan fingerprint density at radius 1 is 1.11 bits per heavy atom. The maximum atomic E-state index is 13.1.